The van der Waals surface area contributed by atoms with Crippen LogP contribution in [-0.4, -0.2) is 65.4 Å². The normalized spacial score (nSPS) is 15.4. The highest BCUT2D eigenvalue weighted by atomic mass is 19.1. The first-order valence-electron chi connectivity index (χ1n) is 10.8. The number of carbonyl (C=O) groups is 1. The predicted molar refractivity (Wildman–Crippen MR) is 125 cm³/mol. The van der Waals surface area contributed by atoms with Gasteiger partial charge < -0.3 is 9.80 Å². The van der Waals surface area contributed by atoms with Gasteiger partial charge in [0.2, 0.25) is 5.91 Å². The van der Waals surface area contributed by atoms with Gasteiger partial charge in [0, 0.05) is 62.8 Å². The zero-order chi connectivity index (χ0) is 23.5. The molecule has 2 aromatic carbocycles. The Hall–Kier alpha value is -3.59. The molecule has 1 atom stereocenters. The van der Waals surface area contributed by atoms with Crippen LogP contribution in [0.3, 0.4) is 0 Å². The molecule has 1 aliphatic heterocycles. The van der Waals surface area contributed by atoms with Gasteiger partial charge in [0.15, 0.2) is 0 Å². The number of nitro groups is 1. The third-order valence-corrected chi connectivity index (χ3v) is 6.37. The van der Waals surface area contributed by atoms with Crippen molar-refractivity contribution in [3.05, 3.63) is 76.4 Å². The van der Waals surface area contributed by atoms with Crippen molar-refractivity contribution in [2.45, 2.75) is 13.0 Å². The molecule has 1 amide bonds. The summed E-state index contributed by atoms with van der Waals surface area (Å²) in [5, 5.41) is 12.7. The van der Waals surface area contributed by atoms with Crippen LogP contribution >= 0.6 is 0 Å². The number of hydrogen-bond acceptors (Lipinski definition) is 6. The molecule has 0 saturated carbocycles. The maximum atomic E-state index is 13.2. The van der Waals surface area contributed by atoms with Gasteiger partial charge in [0.05, 0.1) is 22.9 Å². The first-order chi connectivity index (χ1) is 15.8. The molecule has 2 heterocycles. The van der Waals surface area contributed by atoms with Crippen molar-refractivity contribution in [3.8, 4) is 0 Å². The number of nitrogens with zero attached hydrogens (tertiary/aromatic N) is 5. The van der Waals surface area contributed by atoms with Crippen molar-refractivity contribution in [3.63, 3.8) is 0 Å². The Morgan fingerprint density at radius 3 is 2.48 bits per heavy atom. The molecule has 1 saturated heterocycles. The van der Waals surface area contributed by atoms with Gasteiger partial charge in [0.25, 0.3) is 5.69 Å². The number of nitro benzene ring substituents is 1. The van der Waals surface area contributed by atoms with Crippen LogP contribution in [-0.2, 0) is 4.79 Å². The van der Waals surface area contributed by atoms with Crippen molar-refractivity contribution in [2.24, 2.45) is 0 Å². The van der Waals surface area contributed by atoms with E-state index in [1.54, 1.807) is 42.4 Å². The quantitative estimate of drug-likeness (QED) is 0.421. The Bertz CT molecular complexity index is 1160. The zero-order valence-electron chi connectivity index (χ0n) is 18.6. The highest BCUT2D eigenvalue weighted by Crippen LogP contribution is 2.33. The van der Waals surface area contributed by atoms with E-state index >= 15 is 0 Å². The molecule has 1 aliphatic rings. The number of fused-ring (bicyclic) bond motifs is 1. The molecule has 0 bridgehead atoms. The zero-order valence-corrected chi connectivity index (χ0v) is 18.6. The minimum atomic E-state index is -0.388. The lowest BCUT2D eigenvalue weighted by atomic mass is 10.1. The van der Waals surface area contributed by atoms with Crippen LogP contribution in [0.1, 0.15) is 18.5 Å². The molecular weight excluding hydrogens is 425 g/mol. The number of aromatic nitrogens is 1. The fourth-order valence-electron chi connectivity index (χ4n) is 4.22. The number of non-ortho nitro benzene ring substituents is 1. The highest BCUT2D eigenvalue weighted by Gasteiger charge is 2.25. The molecule has 4 rings (SSSR count). The number of benzene rings is 2. The summed E-state index contributed by atoms with van der Waals surface area (Å²) < 4.78 is 13.2. The van der Waals surface area contributed by atoms with E-state index in [2.05, 4.69) is 14.8 Å². The molecule has 8 nitrogen and oxygen atoms in total. The van der Waals surface area contributed by atoms with E-state index in [4.69, 9.17) is 0 Å². The average Bonchev–Trinajstić information content (AvgIpc) is 2.83. The van der Waals surface area contributed by atoms with Crippen LogP contribution in [0.15, 0.2) is 54.9 Å². The van der Waals surface area contributed by atoms with E-state index in [-0.39, 0.29) is 28.4 Å². The number of rotatable bonds is 6. The number of pyridine rings is 1. The minimum absolute atomic E-state index is 0.00661. The number of amides is 1. The van der Waals surface area contributed by atoms with Gasteiger partial charge in [0.1, 0.15) is 5.82 Å². The van der Waals surface area contributed by atoms with Crippen molar-refractivity contribution in [1.82, 2.24) is 14.8 Å². The minimum Gasteiger partial charge on any atom is -0.368 e. The summed E-state index contributed by atoms with van der Waals surface area (Å²) >= 11 is 0. The molecule has 0 spiro atoms. The Morgan fingerprint density at radius 2 is 1.82 bits per heavy atom. The molecule has 0 aliphatic carbocycles. The maximum Gasteiger partial charge on any atom is 0.278 e. The van der Waals surface area contributed by atoms with E-state index < -0.39 is 0 Å². The van der Waals surface area contributed by atoms with Gasteiger partial charge in [-0.3, -0.25) is 24.8 Å². The third-order valence-electron chi connectivity index (χ3n) is 6.37. The molecule has 172 valence electrons. The monoisotopic (exact) mass is 451 g/mol. The van der Waals surface area contributed by atoms with E-state index in [0.717, 1.165) is 16.6 Å². The summed E-state index contributed by atoms with van der Waals surface area (Å²) in [5.74, 6) is -0.290. The van der Waals surface area contributed by atoms with Gasteiger partial charge in [-0.15, -0.1) is 0 Å². The number of anilines is 1. The van der Waals surface area contributed by atoms with Crippen molar-refractivity contribution >= 4 is 28.1 Å². The van der Waals surface area contributed by atoms with Crippen LogP contribution in [0.2, 0.25) is 0 Å². The molecule has 3 aromatic rings. The van der Waals surface area contributed by atoms with Crippen LogP contribution in [0, 0.1) is 15.9 Å². The van der Waals surface area contributed by atoms with Crippen molar-refractivity contribution < 1.29 is 14.1 Å². The average molecular weight is 452 g/mol. The van der Waals surface area contributed by atoms with E-state index in [1.165, 1.54) is 24.4 Å². The number of halogens is 1. The standard InChI is InChI=1S/C24H26FN5O3/c1-17(18-3-5-19(25)6-4-18)27(2)24(31)16-28-11-13-29(14-12-28)22-7-8-23(30(32)33)21-15-26-10-9-20(21)22/h3-10,15,17H,11-14,16H2,1-2H3. The Balaban J connectivity index is 1.39. The fraction of sp³-hybridized carbons (Fsp3) is 0.333. The summed E-state index contributed by atoms with van der Waals surface area (Å²) in [5.41, 5.74) is 1.87. The van der Waals surface area contributed by atoms with Gasteiger partial charge in [-0.05, 0) is 36.8 Å². The lowest BCUT2D eigenvalue weighted by molar-refractivity contribution is -0.383. The van der Waals surface area contributed by atoms with Gasteiger partial charge in [-0.25, -0.2) is 4.39 Å². The molecule has 1 fully saturated rings. The highest BCUT2D eigenvalue weighted by molar-refractivity contribution is 5.99. The van der Waals surface area contributed by atoms with Crippen LogP contribution in [0.25, 0.3) is 10.8 Å². The maximum absolute atomic E-state index is 13.2. The molecule has 9 heteroatoms. The number of piperazine rings is 1. The van der Waals surface area contributed by atoms with Gasteiger partial charge in [-0.1, -0.05) is 12.1 Å². The van der Waals surface area contributed by atoms with E-state index in [0.29, 0.717) is 38.1 Å². The summed E-state index contributed by atoms with van der Waals surface area (Å²) in [6, 6.07) is 11.2. The number of likely N-dealkylation sites (N-methyl/N-ethyl adjacent to an activating group) is 1. The summed E-state index contributed by atoms with van der Waals surface area (Å²) in [6.07, 6.45) is 3.17. The van der Waals surface area contributed by atoms with Crippen molar-refractivity contribution in [2.75, 3.05) is 44.7 Å². The largest absolute Gasteiger partial charge is 0.368 e. The predicted octanol–water partition coefficient (Wildman–Crippen LogP) is 3.62. The Labute approximate surface area is 191 Å². The molecule has 0 radical (unpaired) electrons. The number of carbonyl (C=O) groups excluding carboxylic acids is 1. The molecule has 1 unspecified atom stereocenters. The lowest BCUT2D eigenvalue weighted by Gasteiger charge is -2.37. The Kier molecular flexibility index (Phi) is 6.50. The van der Waals surface area contributed by atoms with E-state index in [9.17, 15) is 19.3 Å². The number of hydrogen-bond donors (Lipinski definition) is 0. The molecule has 0 N–H and O–H groups in total. The summed E-state index contributed by atoms with van der Waals surface area (Å²) in [7, 11) is 1.77. The molecular formula is C24H26FN5O3. The summed E-state index contributed by atoms with van der Waals surface area (Å²) in [6.45, 7) is 5.06. The van der Waals surface area contributed by atoms with Crippen molar-refractivity contribution in [1.29, 1.82) is 0 Å². The second kappa shape index (κ2) is 9.50. The third kappa shape index (κ3) is 4.78. The molecule has 33 heavy (non-hydrogen) atoms. The fourth-order valence-corrected chi connectivity index (χ4v) is 4.22. The van der Waals surface area contributed by atoms with Crippen LogP contribution < -0.4 is 4.90 Å². The lowest BCUT2D eigenvalue weighted by Crippen LogP contribution is -2.50. The second-order valence-corrected chi connectivity index (χ2v) is 8.28. The second-order valence-electron chi connectivity index (χ2n) is 8.28. The smallest absolute Gasteiger partial charge is 0.278 e. The van der Waals surface area contributed by atoms with Gasteiger partial charge >= 0.3 is 0 Å². The van der Waals surface area contributed by atoms with Gasteiger partial charge in [-0.2, -0.15) is 0 Å². The first-order valence-corrected chi connectivity index (χ1v) is 10.8. The Morgan fingerprint density at radius 1 is 1.12 bits per heavy atom. The molecule has 1 aromatic heterocycles. The topological polar surface area (TPSA) is 82.8 Å². The first kappa shape index (κ1) is 22.6. The summed E-state index contributed by atoms with van der Waals surface area (Å²) in [4.78, 5) is 33.9. The van der Waals surface area contributed by atoms with E-state index in [1.807, 2.05) is 6.92 Å². The van der Waals surface area contributed by atoms with Crippen LogP contribution in [0.4, 0.5) is 15.8 Å². The van der Waals surface area contributed by atoms with Crippen LogP contribution in [0.5, 0.6) is 0 Å². The SMILES string of the molecule is CC(c1ccc(F)cc1)N(C)C(=O)CN1CCN(c2ccc([N+](=O)[O-])c3cnccc23)CC1.